The van der Waals surface area contributed by atoms with Crippen molar-refractivity contribution in [3.8, 4) is 0 Å². The summed E-state index contributed by atoms with van der Waals surface area (Å²) in [5.74, 6) is -0.394. The molecule has 0 aromatic carbocycles. The molecule has 0 aliphatic carbocycles. The Balaban J connectivity index is 2.08. The van der Waals surface area contributed by atoms with Crippen LogP contribution in [0.4, 0.5) is 0 Å². The number of ether oxygens (including phenoxy) is 2. The molecule has 6 heteroatoms. The zero-order valence-electron chi connectivity index (χ0n) is 14.9. The lowest BCUT2D eigenvalue weighted by Crippen LogP contribution is -2.43. The topological polar surface area (TPSA) is 96.2 Å². The highest BCUT2D eigenvalue weighted by Crippen LogP contribution is 2.20. The lowest BCUT2D eigenvalue weighted by Gasteiger charge is -2.24. The van der Waals surface area contributed by atoms with Crippen LogP contribution in [0.25, 0.3) is 0 Å². The summed E-state index contributed by atoms with van der Waals surface area (Å²) in [6, 6.07) is 0. The van der Waals surface area contributed by atoms with Crippen LogP contribution in [-0.2, 0) is 14.3 Å². The highest BCUT2D eigenvalue weighted by atomic mass is 16.6. The van der Waals surface area contributed by atoms with Gasteiger partial charge in [0.2, 0.25) is 0 Å². The maximum Gasteiger partial charge on any atom is 0.306 e. The maximum absolute atomic E-state index is 11.8. The summed E-state index contributed by atoms with van der Waals surface area (Å²) in [5.41, 5.74) is 0. The summed E-state index contributed by atoms with van der Waals surface area (Å²) in [5, 5.41) is 28.5. The van der Waals surface area contributed by atoms with Crippen LogP contribution in [0, 0.1) is 0 Å². The molecule has 0 radical (unpaired) electrons. The highest BCUT2D eigenvalue weighted by Gasteiger charge is 2.41. The van der Waals surface area contributed by atoms with E-state index in [-0.39, 0.29) is 6.61 Å². The third kappa shape index (κ3) is 7.92. The summed E-state index contributed by atoms with van der Waals surface area (Å²) in [7, 11) is 0. The molecular formula is C18H34O6. The summed E-state index contributed by atoms with van der Waals surface area (Å²) < 4.78 is 10.4. The molecule has 1 heterocycles. The zero-order valence-corrected chi connectivity index (χ0v) is 14.9. The zero-order chi connectivity index (χ0) is 17.8. The molecule has 6 nitrogen and oxygen atoms in total. The van der Waals surface area contributed by atoms with Gasteiger partial charge in [0.25, 0.3) is 0 Å². The average molecular weight is 346 g/mol. The van der Waals surface area contributed by atoms with Crippen molar-refractivity contribution in [1.82, 2.24) is 0 Å². The van der Waals surface area contributed by atoms with Crippen LogP contribution < -0.4 is 0 Å². The van der Waals surface area contributed by atoms with Crippen molar-refractivity contribution in [2.45, 2.75) is 95.5 Å². The molecule has 0 amide bonds. The first-order valence-electron chi connectivity index (χ1n) is 9.38. The van der Waals surface area contributed by atoms with Gasteiger partial charge in [0.15, 0.2) is 6.10 Å². The number of unbranched alkanes of at least 4 members (excludes halogenated alkanes) is 8. The molecule has 1 aliphatic rings. The van der Waals surface area contributed by atoms with Crippen LogP contribution in [0.5, 0.6) is 0 Å². The molecule has 0 unspecified atom stereocenters. The summed E-state index contributed by atoms with van der Waals surface area (Å²) in [4.78, 5) is 11.8. The van der Waals surface area contributed by atoms with Crippen LogP contribution in [0.3, 0.4) is 0 Å². The van der Waals surface area contributed by atoms with Crippen LogP contribution >= 0.6 is 0 Å². The lowest BCUT2D eigenvalue weighted by atomic mass is 10.1. The third-order valence-electron chi connectivity index (χ3n) is 4.50. The molecule has 0 aromatic rings. The van der Waals surface area contributed by atoms with Crippen molar-refractivity contribution in [2.24, 2.45) is 0 Å². The molecule has 4 atom stereocenters. The van der Waals surface area contributed by atoms with E-state index in [9.17, 15) is 20.1 Å². The fourth-order valence-electron chi connectivity index (χ4n) is 2.97. The first kappa shape index (κ1) is 21.4. The van der Waals surface area contributed by atoms with Gasteiger partial charge in [-0.3, -0.25) is 4.79 Å². The van der Waals surface area contributed by atoms with E-state index in [0.717, 1.165) is 19.3 Å². The standard InChI is InChI=1S/C18H34O6/c1-2-3-4-5-6-7-8-9-10-11-16(21)24-15(12-19)18-17(22)14(20)13-23-18/h14-15,17-20,22H,2-13H2,1H3/t14-,15-,17+,18+/m1/s1. The van der Waals surface area contributed by atoms with E-state index < -0.39 is 37.0 Å². The van der Waals surface area contributed by atoms with Crippen LogP contribution in [0.2, 0.25) is 0 Å². The number of hydrogen-bond acceptors (Lipinski definition) is 6. The van der Waals surface area contributed by atoms with Crippen molar-refractivity contribution < 1.29 is 29.6 Å². The molecule has 3 N–H and O–H groups in total. The van der Waals surface area contributed by atoms with E-state index in [1.807, 2.05) is 0 Å². The summed E-state index contributed by atoms with van der Waals surface area (Å²) in [6.45, 7) is 1.76. The Morgan fingerprint density at radius 3 is 2.17 bits per heavy atom. The fourth-order valence-corrected chi connectivity index (χ4v) is 2.97. The number of carbonyl (C=O) groups excluding carboxylic acids is 1. The van der Waals surface area contributed by atoms with Gasteiger partial charge in [0, 0.05) is 6.42 Å². The van der Waals surface area contributed by atoms with Crippen molar-refractivity contribution in [1.29, 1.82) is 0 Å². The molecule has 142 valence electrons. The molecule has 0 spiro atoms. The van der Waals surface area contributed by atoms with Crippen molar-refractivity contribution in [3.05, 3.63) is 0 Å². The van der Waals surface area contributed by atoms with Crippen molar-refractivity contribution >= 4 is 5.97 Å². The van der Waals surface area contributed by atoms with Crippen LogP contribution in [0.15, 0.2) is 0 Å². The van der Waals surface area contributed by atoms with Gasteiger partial charge in [-0.2, -0.15) is 0 Å². The Hall–Kier alpha value is -0.690. The van der Waals surface area contributed by atoms with Crippen LogP contribution in [-0.4, -0.2) is 58.9 Å². The molecule has 1 aliphatic heterocycles. The van der Waals surface area contributed by atoms with Crippen LogP contribution in [0.1, 0.15) is 71.1 Å². The number of rotatable bonds is 13. The molecule has 1 saturated heterocycles. The van der Waals surface area contributed by atoms with Gasteiger partial charge in [-0.15, -0.1) is 0 Å². The Kier molecular flexibility index (Phi) is 11.2. The Morgan fingerprint density at radius 1 is 1.08 bits per heavy atom. The average Bonchev–Trinajstić information content (AvgIpc) is 2.90. The third-order valence-corrected chi connectivity index (χ3v) is 4.50. The molecule has 0 saturated carbocycles. The van der Waals surface area contributed by atoms with E-state index in [0.29, 0.717) is 6.42 Å². The normalized spacial score (nSPS) is 24.9. The van der Waals surface area contributed by atoms with Gasteiger partial charge in [-0.1, -0.05) is 58.3 Å². The quantitative estimate of drug-likeness (QED) is 0.348. The molecular weight excluding hydrogens is 312 g/mol. The smallest absolute Gasteiger partial charge is 0.306 e. The Morgan fingerprint density at radius 2 is 1.67 bits per heavy atom. The molecule has 1 fully saturated rings. The second-order valence-corrected chi connectivity index (χ2v) is 6.65. The van der Waals surface area contributed by atoms with Gasteiger partial charge < -0.3 is 24.8 Å². The predicted molar refractivity (Wildman–Crippen MR) is 90.6 cm³/mol. The van der Waals surface area contributed by atoms with E-state index in [1.54, 1.807) is 0 Å². The van der Waals surface area contributed by atoms with Gasteiger partial charge in [0.1, 0.15) is 18.3 Å². The fraction of sp³-hybridized carbons (Fsp3) is 0.944. The minimum absolute atomic E-state index is 0.0157. The monoisotopic (exact) mass is 346 g/mol. The number of aliphatic hydroxyl groups is 3. The van der Waals surface area contributed by atoms with Gasteiger partial charge in [0.05, 0.1) is 13.2 Å². The summed E-state index contributed by atoms with van der Waals surface area (Å²) in [6.07, 6.45) is 6.91. The largest absolute Gasteiger partial charge is 0.457 e. The van der Waals surface area contributed by atoms with E-state index in [4.69, 9.17) is 9.47 Å². The molecule has 0 bridgehead atoms. The summed E-state index contributed by atoms with van der Waals surface area (Å²) >= 11 is 0. The SMILES string of the molecule is CCCCCCCCCCCC(=O)O[C@H](CO)[C@@H]1OC[C@@H](O)[C@@H]1O. The first-order valence-corrected chi connectivity index (χ1v) is 9.38. The number of hydrogen-bond donors (Lipinski definition) is 3. The van der Waals surface area contributed by atoms with E-state index in [1.165, 1.54) is 38.5 Å². The Labute approximate surface area is 145 Å². The van der Waals surface area contributed by atoms with Gasteiger partial charge in [-0.05, 0) is 6.42 Å². The Bertz CT molecular complexity index is 335. The molecule has 0 aromatic heterocycles. The van der Waals surface area contributed by atoms with Crippen molar-refractivity contribution in [2.75, 3.05) is 13.2 Å². The minimum atomic E-state index is -1.14. The van der Waals surface area contributed by atoms with Gasteiger partial charge >= 0.3 is 5.97 Å². The second kappa shape index (κ2) is 12.6. The lowest BCUT2D eigenvalue weighted by molar-refractivity contribution is -0.162. The second-order valence-electron chi connectivity index (χ2n) is 6.65. The molecule has 1 rings (SSSR count). The number of esters is 1. The number of carbonyl (C=O) groups is 1. The first-order chi connectivity index (χ1) is 11.6. The molecule has 24 heavy (non-hydrogen) atoms. The predicted octanol–water partition coefficient (Wildman–Crippen LogP) is 1.93. The minimum Gasteiger partial charge on any atom is -0.457 e. The van der Waals surface area contributed by atoms with Gasteiger partial charge in [-0.25, -0.2) is 0 Å². The van der Waals surface area contributed by atoms with E-state index in [2.05, 4.69) is 6.92 Å². The number of aliphatic hydroxyl groups excluding tert-OH is 3. The maximum atomic E-state index is 11.8. The highest BCUT2D eigenvalue weighted by molar-refractivity contribution is 5.69. The van der Waals surface area contributed by atoms with Crippen molar-refractivity contribution in [3.63, 3.8) is 0 Å². The van der Waals surface area contributed by atoms with E-state index >= 15 is 0 Å².